The number of morpholine rings is 1. The maximum Gasteiger partial charge on any atom is 0.254 e. The largest absolute Gasteiger partial charge is 0.374 e. The number of hydrogen-bond acceptors (Lipinski definition) is 2. The van der Waals surface area contributed by atoms with Crippen LogP contribution < -0.4 is 0 Å². The van der Waals surface area contributed by atoms with Gasteiger partial charge in [-0.1, -0.05) is 23.2 Å². The highest BCUT2D eigenvalue weighted by Crippen LogP contribution is 2.27. The van der Waals surface area contributed by atoms with Crippen LogP contribution in [0.5, 0.6) is 0 Å². The molecule has 2 rings (SSSR count). The molecule has 5 heteroatoms. The van der Waals surface area contributed by atoms with E-state index >= 15 is 0 Å². The fourth-order valence-electron chi connectivity index (χ4n) is 2.12. The molecule has 1 aromatic carbocycles. The molecule has 1 amide bonds. The van der Waals surface area contributed by atoms with Crippen molar-refractivity contribution in [1.82, 2.24) is 4.90 Å². The Bertz CT molecular complexity index is 502. The van der Waals surface area contributed by atoms with Gasteiger partial charge in [-0.25, -0.2) is 0 Å². The molecule has 19 heavy (non-hydrogen) atoms. The van der Waals surface area contributed by atoms with Gasteiger partial charge in [0.2, 0.25) is 0 Å². The van der Waals surface area contributed by atoms with Gasteiger partial charge >= 0.3 is 0 Å². The number of benzene rings is 1. The van der Waals surface area contributed by atoms with E-state index in [1.807, 2.05) is 25.7 Å². The molecule has 0 bridgehead atoms. The van der Waals surface area contributed by atoms with Crippen LogP contribution in [0.25, 0.3) is 0 Å². The van der Waals surface area contributed by atoms with Crippen molar-refractivity contribution in [2.24, 2.45) is 0 Å². The number of nitrogens with zero attached hydrogens (tertiary/aromatic N) is 1. The van der Waals surface area contributed by atoms with Crippen LogP contribution in [-0.4, -0.2) is 35.6 Å². The third kappa shape index (κ3) is 3.04. The molecule has 1 heterocycles. The summed E-state index contributed by atoms with van der Waals surface area (Å²) in [6, 6.07) is 4.96. The molecule has 3 nitrogen and oxygen atoms in total. The Morgan fingerprint density at radius 3 is 2.68 bits per heavy atom. The van der Waals surface area contributed by atoms with E-state index in [-0.39, 0.29) is 17.6 Å². The highest BCUT2D eigenvalue weighted by Gasteiger charge is 2.37. The average Bonchev–Trinajstić information content (AvgIpc) is 2.35. The minimum Gasteiger partial charge on any atom is -0.374 e. The van der Waals surface area contributed by atoms with E-state index in [1.54, 1.807) is 18.2 Å². The molecule has 0 radical (unpaired) electrons. The Kier molecular flexibility index (Phi) is 4.09. The molecule has 1 aliphatic heterocycles. The quantitative estimate of drug-likeness (QED) is 0.793. The first kappa shape index (κ1) is 14.6. The van der Waals surface area contributed by atoms with E-state index in [1.165, 1.54) is 0 Å². The van der Waals surface area contributed by atoms with Gasteiger partial charge in [0.25, 0.3) is 5.91 Å². The fourth-order valence-corrected chi connectivity index (χ4v) is 2.42. The first-order valence-electron chi connectivity index (χ1n) is 6.20. The summed E-state index contributed by atoms with van der Waals surface area (Å²) in [5, 5.41) is 0.847. The molecule has 1 aliphatic rings. The van der Waals surface area contributed by atoms with Crippen molar-refractivity contribution in [3.63, 3.8) is 0 Å². The second kappa shape index (κ2) is 5.31. The lowest BCUT2D eigenvalue weighted by Gasteiger charge is -2.44. The van der Waals surface area contributed by atoms with Gasteiger partial charge in [-0.15, -0.1) is 0 Å². The number of carbonyl (C=O) groups excluding carboxylic acids is 1. The summed E-state index contributed by atoms with van der Waals surface area (Å²) in [6.07, 6.45) is 0.0414. The number of ether oxygens (including phenoxy) is 1. The predicted octanol–water partition coefficient (Wildman–Crippen LogP) is 3.63. The van der Waals surface area contributed by atoms with Gasteiger partial charge in [0.05, 0.1) is 28.3 Å². The van der Waals surface area contributed by atoms with Crippen LogP contribution in [-0.2, 0) is 4.74 Å². The van der Waals surface area contributed by atoms with Crippen LogP contribution in [0.4, 0.5) is 0 Å². The fraction of sp³-hybridized carbons (Fsp3) is 0.500. The van der Waals surface area contributed by atoms with Crippen LogP contribution in [0.15, 0.2) is 18.2 Å². The van der Waals surface area contributed by atoms with Gasteiger partial charge in [-0.05, 0) is 39.0 Å². The third-order valence-electron chi connectivity index (χ3n) is 3.30. The molecule has 1 aromatic rings. The highest BCUT2D eigenvalue weighted by molar-refractivity contribution is 6.42. The van der Waals surface area contributed by atoms with Crippen molar-refractivity contribution in [3.8, 4) is 0 Å². The zero-order valence-corrected chi connectivity index (χ0v) is 12.8. The van der Waals surface area contributed by atoms with E-state index in [9.17, 15) is 4.79 Å². The summed E-state index contributed by atoms with van der Waals surface area (Å²) in [4.78, 5) is 14.4. The maximum atomic E-state index is 12.6. The van der Waals surface area contributed by atoms with Crippen molar-refractivity contribution < 1.29 is 9.53 Å². The first-order valence-corrected chi connectivity index (χ1v) is 6.95. The van der Waals surface area contributed by atoms with Crippen LogP contribution in [0.1, 0.15) is 31.1 Å². The highest BCUT2D eigenvalue weighted by atomic mass is 35.5. The van der Waals surface area contributed by atoms with Crippen LogP contribution in [0.3, 0.4) is 0 Å². The lowest BCUT2D eigenvalue weighted by molar-refractivity contribution is -0.0755. The van der Waals surface area contributed by atoms with Gasteiger partial charge in [0.15, 0.2) is 0 Å². The molecule has 0 aliphatic carbocycles. The summed E-state index contributed by atoms with van der Waals surface area (Å²) >= 11 is 11.8. The molecular weight excluding hydrogens is 285 g/mol. The van der Waals surface area contributed by atoms with E-state index in [0.29, 0.717) is 28.8 Å². The minimum atomic E-state index is -0.324. The Balaban J connectivity index is 2.29. The molecule has 104 valence electrons. The molecule has 1 unspecified atom stereocenters. The van der Waals surface area contributed by atoms with E-state index in [2.05, 4.69) is 0 Å². The van der Waals surface area contributed by atoms with Crippen LogP contribution >= 0.6 is 23.2 Å². The van der Waals surface area contributed by atoms with Gasteiger partial charge in [0.1, 0.15) is 0 Å². The van der Waals surface area contributed by atoms with E-state index in [4.69, 9.17) is 27.9 Å². The molecule has 0 aromatic heterocycles. The lowest BCUT2D eigenvalue weighted by Crippen LogP contribution is -2.57. The summed E-state index contributed by atoms with van der Waals surface area (Å²) < 4.78 is 5.61. The number of amides is 1. The monoisotopic (exact) mass is 301 g/mol. The number of carbonyl (C=O) groups is 1. The van der Waals surface area contributed by atoms with Gasteiger partial charge in [-0.2, -0.15) is 0 Å². The van der Waals surface area contributed by atoms with Crippen LogP contribution in [0.2, 0.25) is 10.0 Å². The molecule has 0 saturated carbocycles. The first-order chi connectivity index (χ1) is 8.81. The maximum absolute atomic E-state index is 12.6. The standard InChI is InChI=1S/C14H17Cl2NO2/c1-9-7-17(14(2,3)8-19-9)13(18)10-4-5-11(15)12(16)6-10/h4-6,9H,7-8H2,1-3H3. The minimum absolute atomic E-state index is 0.0414. The Hall–Kier alpha value is -0.770. The zero-order valence-electron chi connectivity index (χ0n) is 11.2. The van der Waals surface area contributed by atoms with Gasteiger partial charge in [-0.3, -0.25) is 4.79 Å². The topological polar surface area (TPSA) is 29.5 Å². The Morgan fingerprint density at radius 2 is 2.05 bits per heavy atom. The second-order valence-electron chi connectivity index (χ2n) is 5.48. The number of rotatable bonds is 1. The third-order valence-corrected chi connectivity index (χ3v) is 4.04. The van der Waals surface area contributed by atoms with Gasteiger partial charge < -0.3 is 9.64 Å². The number of hydrogen-bond donors (Lipinski definition) is 0. The summed E-state index contributed by atoms with van der Waals surface area (Å²) in [5.41, 5.74) is 0.229. The Morgan fingerprint density at radius 1 is 1.37 bits per heavy atom. The Labute approximate surface area is 123 Å². The normalized spacial score (nSPS) is 22.4. The molecule has 1 fully saturated rings. The molecular formula is C14H17Cl2NO2. The van der Waals surface area contributed by atoms with Crippen LogP contribution in [0, 0.1) is 0 Å². The van der Waals surface area contributed by atoms with Crippen molar-refractivity contribution in [2.75, 3.05) is 13.2 Å². The summed E-state index contributed by atoms with van der Waals surface area (Å²) in [6.45, 7) is 7.06. The van der Waals surface area contributed by atoms with Crippen molar-refractivity contribution in [2.45, 2.75) is 32.4 Å². The summed E-state index contributed by atoms with van der Waals surface area (Å²) in [5.74, 6) is -0.0429. The molecule has 0 N–H and O–H groups in total. The van der Waals surface area contributed by atoms with Crippen molar-refractivity contribution >= 4 is 29.1 Å². The summed E-state index contributed by atoms with van der Waals surface area (Å²) in [7, 11) is 0. The SMILES string of the molecule is CC1CN(C(=O)c2ccc(Cl)c(Cl)c2)C(C)(C)CO1. The zero-order chi connectivity index (χ0) is 14.2. The molecule has 0 spiro atoms. The van der Waals surface area contributed by atoms with Crippen molar-refractivity contribution in [1.29, 1.82) is 0 Å². The average molecular weight is 302 g/mol. The van der Waals surface area contributed by atoms with Crippen molar-refractivity contribution in [3.05, 3.63) is 33.8 Å². The second-order valence-corrected chi connectivity index (χ2v) is 6.29. The van der Waals surface area contributed by atoms with E-state index < -0.39 is 0 Å². The molecule has 1 atom stereocenters. The smallest absolute Gasteiger partial charge is 0.254 e. The predicted molar refractivity (Wildman–Crippen MR) is 77.0 cm³/mol. The van der Waals surface area contributed by atoms with Gasteiger partial charge in [0, 0.05) is 12.1 Å². The van der Waals surface area contributed by atoms with E-state index in [0.717, 1.165) is 0 Å². The lowest BCUT2D eigenvalue weighted by atomic mass is 9.99. The number of halogens is 2. The molecule has 1 saturated heterocycles.